The fourth-order valence-corrected chi connectivity index (χ4v) is 3.56. The van der Waals surface area contributed by atoms with E-state index in [9.17, 15) is 4.79 Å². The van der Waals surface area contributed by atoms with E-state index in [1.807, 2.05) is 35.2 Å². The predicted octanol–water partition coefficient (Wildman–Crippen LogP) is 2.19. The van der Waals surface area contributed by atoms with Gasteiger partial charge in [0.15, 0.2) is 0 Å². The molecular formula is C17H20N2O3. The van der Waals surface area contributed by atoms with Gasteiger partial charge in [-0.05, 0) is 18.6 Å². The first-order valence-electron chi connectivity index (χ1n) is 7.73. The lowest BCUT2D eigenvalue weighted by Crippen LogP contribution is -2.67. The van der Waals surface area contributed by atoms with E-state index in [-0.39, 0.29) is 17.6 Å². The first-order valence-corrected chi connectivity index (χ1v) is 7.73. The normalized spacial score (nSPS) is 23.7. The van der Waals surface area contributed by atoms with Gasteiger partial charge < -0.3 is 19.4 Å². The number of carbonyl (C=O) groups is 1. The largest absolute Gasteiger partial charge is 0.381 e. The standard InChI is InChI=1S/C17H20N2O3/c1-21-13-6-7-22-17(9-13)10-19(11-17)16(20)15-8-12-4-2-3-5-14(12)18-15/h2-5,8,13,18H,6-7,9-11H2,1H3. The van der Waals surface area contributed by atoms with Gasteiger partial charge in [-0.2, -0.15) is 0 Å². The third kappa shape index (κ3) is 2.21. The highest BCUT2D eigenvalue weighted by molar-refractivity contribution is 5.98. The van der Waals surface area contributed by atoms with Gasteiger partial charge in [0.2, 0.25) is 0 Å². The Morgan fingerprint density at radius 3 is 3.00 bits per heavy atom. The molecule has 0 bridgehead atoms. The van der Waals surface area contributed by atoms with Crippen molar-refractivity contribution < 1.29 is 14.3 Å². The number of nitrogens with one attached hydrogen (secondary N) is 1. The van der Waals surface area contributed by atoms with Crippen LogP contribution in [0, 0.1) is 0 Å². The van der Waals surface area contributed by atoms with Crippen LogP contribution >= 0.6 is 0 Å². The number of benzene rings is 1. The Balaban J connectivity index is 1.47. The maximum atomic E-state index is 12.6. The van der Waals surface area contributed by atoms with Gasteiger partial charge >= 0.3 is 0 Å². The van der Waals surface area contributed by atoms with Crippen molar-refractivity contribution in [1.29, 1.82) is 0 Å². The van der Waals surface area contributed by atoms with Crippen LogP contribution in [0.15, 0.2) is 30.3 Å². The summed E-state index contributed by atoms with van der Waals surface area (Å²) in [5.74, 6) is 0.0463. The zero-order valence-corrected chi connectivity index (χ0v) is 12.7. The molecule has 2 aliphatic heterocycles. The van der Waals surface area contributed by atoms with Gasteiger partial charge in [-0.15, -0.1) is 0 Å². The lowest BCUT2D eigenvalue weighted by Gasteiger charge is -2.52. The van der Waals surface area contributed by atoms with Crippen LogP contribution in [0.3, 0.4) is 0 Å². The molecule has 5 heteroatoms. The Morgan fingerprint density at radius 2 is 2.23 bits per heavy atom. The summed E-state index contributed by atoms with van der Waals surface area (Å²) in [7, 11) is 1.75. The van der Waals surface area contributed by atoms with Crippen molar-refractivity contribution in [3.05, 3.63) is 36.0 Å². The number of ether oxygens (including phenoxy) is 2. The second kappa shape index (κ2) is 5.11. The Kier molecular flexibility index (Phi) is 3.20. The van der Waals surface area contributed by atoms with E-state index in [0.29, 0.717) is 25.4 Å². The first kappa shape index (κ1) is 13.8. The zero-order chi connectivity index (χ0) is 15.2. The summed E-state index contributed by atoms with van der Waals surface area (Å²) in [6, 6.07) is 9.85. The first-order chi connectivity index (χ1) is 10.7. The molecule has 1 spiro atoms. The topological polar surface area (TPSA) is 54.6 Å². The summed E-state index contributed by atoms with van der Waals surface area (Å²) < 4.78 is 11.4. The van der Waals surface area contributed by atoms with Gasteiger partial charge in [0.05, 0.1) is 19.2 Å². The Bertz CT molecular complexity index is 670. The number of hydrogen-bond donors (Lipinski definition) is 1. The third-order valence-corrected chi connectivity index (χ3v) is 4.79. The highest BCUT2D eigenvalue weighted by Crippen LogP contribution is 2.36. The molecule has 1 N–H and O–H groups in total. The average molecular weight is 300 g/mol. The maximum Gasteiger partial charge on any atom is 0.270 e. The second-order valence-corrected chi connectivity index (χ2v) is 6.31. The van der Waals surface area contributed by atoms with Gasteiger partial charge in [-0.1, -0.05) is 18.2 Å². The van der Waals surface area contributed by atoms with E-state index >= 15 is 0 Å². The van der Waals surface area contributed by atoms with Gasteiger partial charge in [0.25, 0.3) is 5.91 Å². The number of amides is 1. The molecule has 22 heavy (non-hydrogen) atoms. The van der Waals surface area contributed by atoms with Crippen LogP contribution < -0.4 is 0 Å². The summed E-state index contributed by atoms with van der Waals surface area (Å²) in [5.41, 5.74) is 1.45. The van der Waals surface area contributed by atoms with Crippen molar-refractivity contribution in [2.75, 3.05) is 26.8 Å². The lowest BCUT2D eigenvalue weighted by atomic mass is 9.84. The Morgan fingerprint density at radius 1 is 1.41 bits per heavy atom. The van der Waals surface area contributed by atoms with Crippen molar-refractivity contribution in [2.24, 2.45) is 0 Å². The van der Waals surface area contributed by atoms with Crippen LogP contribution in [0.2, 0.25) is 0 Å². The average Bonchev–Trinajstić information content (AvgIpc) is 2.96. The molecule has 3 heterocycles. The molecular weight excluding hydrogens is 280 g/mol. The van der Waals surface area contributed by atoms with Gasteiger partial charge in [-0.3, -0.25) is 4.79 Å². The molecule has 0 saturated carbocycles. The maximum absolute atomic E-state index is 12.6. The summed E-state index contributed by atoms with van der Waals surface area (Å²) in [6.07, 6.45) is 2.06. The lowest BCUT2D eigenvalue weighted by molar-refractivity contribution is -0.182. The molecule has 2 saturated heterocycles. The summed E-state index contributed by atoms with van der Waals surface area (Å²) in [4.78, 5) is 17.6. The molecule has 2 aliphatic rings. The minimum atomic E-state index is -0.194. The molecule has 0 aliphatic carbocycles. The fraction of sp³-hybridized carbons (Fsp3) is 0.471. The van der Waals surface area contributed by atoms with Crippen LogP contribution in [0.1, 0.15) is 23.3 Å². The van der Waals surface area contributed by atoms with E-state index in [4.69, 9.17) is 9.47 Å². The quantitative estimate of drug-likeness (QED) is 0.925. The molecule has 0 radical (unpaired) electrons. The van der Waals surface area contributed by atoms with Crippen molar-refractivity contribution in [3.8, 4) is 0 Å². The van der Waals surface area contributed by atoms with E-state index < -0.39 is 0 Å². The number of aromatic nitrogens is 1. The number of methoxy groups -OCH3 is 1. The number of aromatic amines is 1. The Labute approximate surface area is 129 Å². The number of fused-ring (bicyclic) bond motifs is 1. The number of likely N-dealkylation sites (tertiary alicyclic amines) is 1. The van der Waals surface area contributed by atoms with Crippen LogP contribution in [0.5, 0.6) is 0 Å². The zero-order valence-electron chi connectivity index (χ0n) is 12.7. The molecule has 2 fully saturated rings. The molecule has 116 valence electrons. The minimum absolute atomic E-state index is 0.0463. The monoisotopic (exact) mass is 300 g/mol. The van der Waals surface area contributed by atoms with Crippen LogP contribution in [0.4, 0.5) is 0 Å². The van der Waals surface area contributed by atoms with Crippen LogP contribution in [-0.2, 0) is 9.47 Å². The molecule has 2 aromatic rings. The highest BCUT2D eigenvalue weighted by atomic mass is 16.5. The van der Waals surface area contributed by atoms with E-state index in [1.165, 1.54) is 0 Å². The summed E-state index contributed by atoms with van der Waals surface area (Å²) in [5, 5.41) is 1.06. The van der Waals surface area contributed by atoms with E-state index in [2.05, 4.69) is 4.98 Å². The second-order valence-electron chi connectivity index (χ2n) is 6.31. The van der Waals surface area contributed by atoms with Gasteiger partial charge in [0.1, 0.15) is 11.3 Å². The van der Waals surface area contributed by atoms with Crippen molar-refractivity contribution in [1.82, 2.24) is 9.88 Å². The SMILES string of the molecule is COC1CCOC2(C1)CN(C(=O)c1cc3ccccc3[nH]1)C2. The number of H-pyrrole nitrogens is 1. The van der Waals surface area contributed by atoms with Crippen molar-refractivity contribution in [3.63, 3.8) is 0 Å². The number of hydrogen-bond acceptors (Lipinski definition) is 3. The van der Waals surface area contributed by atoms with Crippen molar-refractivity contribution >= 4 is 16.8 Å². The van der Waals surface area contributed by atoms with E-state index in [1.54, 1.807) is 7.11 Å². The summed E-state index contributed by atoms with van der Waals surface area (Å²) >= 11 is 0. The highest BCUT2D eigenvalue weighted by Gasteiger charge is 2.49. The van der Waals surface area contributed by atoms with Gasteiger partial charge in [0, 0.05) is 31.0 Å². The number of carbonyl (C=O) groups excluding carboxylic acids is 1. The molecule has 1 atom stereocenters. The Hall–Kier alpha value is -1.85. The molecule has 5 nitrogen and oxygen atoms in total. The molecule has 1 amide bonds. The van der Waals surface area contributed by atoms with Crippen molar-refractivity contribution in [2.45, 2.75) is 24.5 Å². The predicted molar refractivity (Wildman–Crippen MR) is 82.9 cm³/mol. The minimum Gasteiger partial charge on any atom is -0.381 e. The molecule has 1 aromatic carbocycles. The molecule has 1 unspecified atom stereocenters. The van der Waals surface area contributed by atoms with E-state index in [0.717, 1.165) is 23.7 Å². The number of nitrogens with zero attached hydrogens (tertiary/aromatic N) is 1. The fourth-order valence-electron chi connectivity index (χ4n) is 3.56. The molecule has 1 aromatic heterocycles. The third-order valence-electron chi connectivity index (χ3n) is 4.79. The molecule has 4 rings (SSSR count). The smallest absolute Gasteiger partial charge is 0.270 e. The van der Waals surface area contributed by atoms with Gasteiger partial charge in [-0.25, -0.2) is 0 Å². The summed E-state index contributed by atoms with van der Waals surface area (Å²) in [6.45, 7) is 2.02. The van der Waals surface area contributed by atoms with Crippen LogP contribution in [0.25, 0.3) is 10.9 Å². The number of rotatable bonds is 2. The number of para-hydroxylation sites is 1. The van der Waals surface area contributed by atoms with Crippen LogP contribution in [-0.4, -0.2) is 54.3 Å².